The van der Waals surface area contributed by atoms with Gasteiger partial charge in [0, 0.05) is 24.4 Å². The predicted octanol–water partition coefficient (Wildman–Crippen LogP) is 3.93. The molecule has 2 aromatic rings. The second-order valence-electron chi connectivity index (χ2n) is 6.74. The molecular formula is C21H25N3O2S. The van der Waals surface area contributed by atoms with Crippen molar-refractivity contribution in [3.05, 3.63) is 51.4 Å². The van der Waals surface area contributed by atoms with Gasteiger partial charge in [-0.3, -0.25) is 4.79 Å². The van der Waals surface area contributed by atoms with Crippen molar-refractivity contribution in [2.45, 2.75) is 45.8 Å². The summed E-state index contributed by atoms with van der Waals surface area (Å²) in [4.78, 5) is 13.8. The van der Waals surface area contributed by atoms with Crippen LogP contribution in [0.15, 0.2) is 24.3 Å². The van der Waals surface area contributed by atoms with Gasteiger partial charge in [-0.1, -0.05) is 31.2 Å². The Morgan fingerprint density at radius 2 is 2.26 bits per heavy atom. The van der Waals surface area contributed by atoms with E-state index >= 15 is 0 Å². The van der Waals surface area contributed by atoms with E-state index in [0.717, 1.165) is 41.1 Å². The molecule has 0 unspecified atom stereocenters. The summed E-state index contributed by atoms with van der Waals surface area (Å²) in [5.74, 6) is 0.0141. The van der Waals surface area contributed by atoms with Gasteiger partial charge in [0.2, 0.25) is 5.91 Å². The molecule has 0 saturated carbocycles. The van der Waals surface area contributed by atoms with Crippen LogP contribution in [0.4, 0.5) is 5.00 Å². The first-order valence-corrected chi connectivity index (χ1v) is 10.2. The molecule has 2 N–H and O–H groups in total. The van der Waals surface area contributed by atoms with Gasteiger partial charge in [0.05, 0.1) is 12.2 Å². The molecule has 27 heavy (non-hydrogen) atoms. The first-order valence-electron chi connectivity index (χ1n) is 9.34. The Balaban J connectivity index is 1.70. The quantitative estimate of drug-likeness (QED) is 0.760. The van der Waals surface area contributed by atoms with Gasteiger partial charge in [0.1, 0.15) is 11.1 Å². The summed E-state index contributed by atoms with van der Waals surface area (Å²) in [6, 6.07) is 10.4. The third-order valence-corrected chi connectivity index (χ3v) is 5.98. The number of benzene rings is 1. The Morgan fingerprint density at radius 1 is 1.44 bits per heavy atom. The summed E-state index contributed by atoms with van der Waals surface area (Å²) < 4.78 is 5.55. The summed E-state index contributed by atoms with van der Waals surface area (Å²) >= 11 is 1.52. The molecule has 142 valence electrons. The maximum absolute atomic E-state index is 12.6. The maximum atomic E-state index is 12.6. The summed E-state index contributed by atoms with van der Waals surface area (Å²) in [5, 5.41) is 16.5. The smallest absolute Gasteiger partial charge is 0.225 e. The summed E-state index contributed by atoms with van der Waals surface area (Å²) in [6.45, 7) is 6.90. The lowest BCUT2D eigenvalue weighted by molar-refractivity contribution is -0.116. The van der Waals surface area contributed by atoms with Crippen molar-refractivity contribution in [2.75, 3.05) is 18.5 Å². The molecule has 1 atom stereocenters. The topological polar surface area (TPSA) is 74.1 Å². The van der Waals surface area contributed by atoms with Crippen LogP contribution in [-0.4, -0.2) is 19.1 Å². The number of carbonyl (C=O) groups excluding carboxylic acids is 1. The van der Waals surface area contributed by atoms with Crippen LogP contribution in [0.1, 0.15) is 53.3 Å². The molecule has 0 aliphatic carbocycles. The number of hydrogen-bond acceptors (Lipinski definition) is 5. The van der Waals surface area contributed by atoms with Crippen molar-refractivity contribution < 1.29 is 9.53 Å². The fraction of sp³-hybridized carbons (Fsp3) is 0.429. The van der Waals surface area contributed by atoms with E-state index in [9.17, 15) is 10.1 Å². The van der Waals surface area contributed by atoms with Gasteiger partial charge >= 0.3 is 0 Å². The average Bonchev–Trinajstić information content (AvgIpc) is 3.03. The molecule has 1 amide bonds. The molecule has 0 fully saturated rings. The molecule has 1 aliphatic rings. The second-order valence-corrected chi connectivity index (χ2v) is 7.84. The Hall–Kier alpha value is -2.20. The first kappa shape index (κ1) is 19.6. The van der Waals surface area contributed by atoms with Crippen LogP contribution in [0.5, 0.6) is 0 Å². The Bertz CT molecular complexity index is 854. The van der Waals surface area contributed by atoms with Crippen LogP contribution < -0.4 is 10.6 Å². The second kappa shape index (κ2) is 9.14. The van der Waals surface area contributed by atoms with Gasteiger partial charge in [-0.2, -0.15) is 5.26 Å². The molecule has 1 aromatic carbocycles. The van der Waals surface area contributed by atoms with Crippen molar-refractivity contribution in [3.63, 3.8) is 0 Å². The van der Waals surface area contributed by atoms with Crippen LogP contribution in [0.25, 0.3) is 0 Å². The highest BCUT2D eigenvalue weighted by Gasteiger charge is 2.22. The highest BCUT2D eigenvalue weighted by atomic mass is 32.1. The lowest BCUT2D eigenvalue weighted by atomic mass is 9.93. The zero-order chi connectivity index (χ0) is 19.2. The van der Waals surface area contributed by atoms with E-state index in [1.165, 1.54) is 11.3 Å². The molecule has 1 aliphatic heterocycles. The molecule has 1 aromatic heterocycles. The molecular weight excluding hydrogens is 358 g/mol. The summed E-state index contributed by atoms with van der Waals surface area (Å²) in [6.07, 6.45) is 1.21. The number of rotatable bonds is 7. The fourth-order valence-electron chi connectivity index (χ4n) is 3.47. The molecule has 5 nitrogen and oxygen atoms in total. The van der Waals surface area contributed by atoms with Gasteiger partial charge in [-0.25, -0.2) is 0 Å². The molecule has 0 spiro atoms. The highest BCUT2D eigenvalue weighted by Crippen LogP contribution is 2.35. The van der Waals surface area contributed by atoms with Crippen LogP contribution >= 0.6 is 11.3 Å². The van der Waals surface area contributed by atoms with E-state index in [1.54, 1.807) is 0 Å². The summed E-state index contributed by atoms with van der Waals surface area (Å²) in [7, 11) is 0. The average molecular weight is 384 g/mol. The zero-order valence-corrected chi connectivity index (χ0v) is 16.6. The summed E-state index contributed by atoms with van der Waals surface area (Å²) in [5.41, 5.74) is 3.98. The number of thiophene rings is 1. The van der Waals surface area contributed by atoms with Crippen LogP contribution in [0, 0.1) is 11.3 Å². The van der Waals surface area contributed by atoms with E-state index < -0.39 is 0 Å². The van der Waals surface area contributed by atoms with Gasteiger partial charge in [0.25, 0.3) is 0 Å². The molecule has 3 rings (SSSR count). The van der Waals surface area contributed by atoms with Crippen LogP contribution in [-0.2, 0) is 29.1 Å². The van der Waals surface area contributed by atoms with Crippen molar-refractivity contribution in [1.29, 1.82) is 5.26 Å². The van der Waals surface area contributed by atoms with Crippen molar-refractivity contribution in [2.24, 2.45) is 0 Å². The molecule has 0 radical (unpaired) electrons. The van der Waals surface area contributed by atoms with E-state index in [1.807, 2.05) is 25.1 Å². The number of hydrogen-bond donors (Lipinski definition) is 2. The maximum Gasteiger partial charge on any atom is 0.225 e. The van der Waals surface area contributed by atoms with Crippen LogP contribution in [0.3, 0.4) is 0 Å². The largest absolute Gasteiger partial charge is 0.377 e. The first-order chi connectivity index (χ1) is 13.1. The predicted molar refractivity (Wildman–Crippen MR) is 108 cm³/mol. The zero-order valence-electron chi connectivity index (χ0n) is 15.8. The van der Waals surface area contributed by atoms with Gasteiger partial charge in [0.15, 0.2) is 0 Å². The van der Waals surface area contributed by atoms with Crippen molar-refractivity contribution in [1.82, 2.24) is 5.32 Å². The number of nitrogens with one attached hydrogen (secondary N) is 2. The van der Waals surface area contributed by atoms with Crippen LogP contribution in [0.2, 0.25) is 0 Å². The number of anilines is 1. The van der Waals surface area contributed by atoms with E-state index in [4.69, 9.17) is 4.74 Å². The lowest BCUT2D eigenvalue weighted by Gasteiger charge is -2.16. The Labute approximate surface area is 164 Å². The highest BCUT2D eigenvalue weighted by molar-refractivity contribution is 7.16. The Morgan fingerprint density at radius 3 is 3.04 bits per heavy atom. The molecule has 0 saturated heterocycles. The van der Waals surface area contributed by atoms with E-state index in [2.05, 4.69) is 29.7 Å². The van der Waals surface area contributed by atoms with Crippen molar-refractivity contribution >= 4 is 22.2 Å². The number of carbonyl (C=O) groups is 1. The number of nitrogens with zero attached hydrogens (tertiary/aromatic N) is 1. The van der Waals surface area contributed by atoms with E-state index in [-0.39, 0.29) is 11.8 Å². The van der Waals surface area contributed by atoms with Gasteiger partial charge < -0.3 is 15.4 Å². The third-order valence-electron chi connectivity index (χ3n) is 4.83. The normalized spacial score (nSPS) is 14.3. The lowest BCUT2D eigenvalue weighted by Crippen LogP contribution is -2.22. The molecule has 2 heterocycles. The number of amides is 1. The number of fused-ring (bicyclic) bond motifs is 1. The number of ether oxygens (including phenoxy) is 1. The minimum Gasteiger partial charge on any atom is -0.377 e. The molecule has 6 heteroatoms. The van der Waals surface area contributed by atoms with E-state index in [0.29, 0.717) is 30.2 Å². The minimum atomic E-state index is -0.0585. The van der Waals surface area contributed by atoms with Gasteiger partial charge in [-0.15, -0.1) is 11.3 Å². The number of nitriles is 1. The molecule has 0 bridgehead atoms. The van der Waals surface area contributed by atoms with Gasteiger partial charge in [-0.05, 0) is 42.5 Å². The standard InChI is InChI=1S/C21H25N3O2S/c1-3-26-13-15-6-4-5-7-16(15)14(2)10-20(25)24-21-18(11-22)17-8-9-23-12-19(17)27-21/h4-7,14,23H,3,8-10,12-13H2,1-2H3,(H,24,25)/t14-/m0/s1. The monoisotopic (exact) mass is 383 g/mol. The SMILES string of the molecule is CCOCc1ccccc1[C@@H](C)CC(=O)Nc1sc2c(c1C#N)CCNC2. The third kappa shape index (κ3) is 4.56. The minimum absolute atomic E-state index is 0.0585. The Kier molecular flexibility index (Phi) is 6.62. The van der Waals surface area contributed by atoms with Crippen molar-refractivity contribution in [3.8, 4) is 6.07 Å². The fourth-order valence-corrected chi connectivity index (χ4v) is 4.65.